The second-order valence-corrected chi connectivity index (χ2v) is 6.36. The van der Waals surface area contributed by atoms with Crippen LogP contribution in [-0.4, -0.2) is 16.0 Å². The summed E-state index contributed by atoms with van der Waals surface area (Å²) >= 11 is 12.7. The van der Waals surface area contributed by atoms with E-state index in [1.807, 2.05) is 0 Å². The first-order valence-electron chi connectivity index (χ1n) is 6.97. The lowest BCUT2D eigenvalue weighted by molar-refractivity contribution is -0.122. The molecule has 1 aliphatic carbocycles. The fraction of sp³-hybridized carbons (Fsp3) is 0.929. The Morgan fingerprint density at radius 3 is 2.59 bits per heavy atom. The van der Waals surface area contributed by atoms with Crippen molar-refractivity contribution in [1.82, 2.24) is 0 Å². The Morgan fingerprint density at radius 2 is 1.94 bits per heavy atom. The molecule has 1 rings (SSSR count). The van der Waals surface area contributed by atoms with Gasteiger partial charge in [-0.25, -0.2) is 0 Å². The molecule has 3 heteroatoms. The molecule has 1 fully saturated rings. The lowest BCUT2D eigenvalue weighted by Gasteiger charge is -2.34. The molecule has 0 aromatic heterocycles. The van der Waals surface area contributed by atoms with Crippen LogP contribution in [-0.2, 0) is 4.79 Å². The Balaban J connectivity index is 2.30. The first kappa shape index (κ1) is 15.3. The Kier molecular flexibility index (Phi) is 6.87. The summed E-state index contributed by atoms with van der Waals surface area (Å²) in [5.41, 5.74) is 0. The summed E-state index contributed by atoms with van der Waals surface area (Å²) in [7, 11) is 0. The van der Waals surface area contributed by atoms with Crippen molar-refractivity contribution in [2.45, 2.75) is 81.4 Å². The van der Waals surface area contributed by atoms with Crippen LogP contribution >= 0.6 is 23.2 Å². The van der Waals surface area contributed by atoms with E-state index in [0.29, 0.717) is 6.42 Å². The summed E-state index contributed by atoms with van der Waals surface area (Å²) in [4.78, 5) is 11.4. The standard InChI is InChI=1S/C14H24Cl2O/c1-2-3-4-5-6-10-13(17)14(16)11-8-7-9-12(14)15/h12H,2-11H2,1H3. The van der Waals surface area contributed by atoms with Crippen LogP contribution in [0.5, 0.6) is 0 Å². The minimum Gasteiger partial charge on any atom is -0.298 e. The molecule has 0 aromatic carbocycles. The maximum atomic E-state index is 12.1. The van der Waals surface area contributed by atoms with Crippen molar-refractivity contribution in [2.75, 3.05) is 0 Å². The largest absolute Gasteiger partial charge is 0.298 e. The Labute approximate surface area is 115 Å². The second-order valence-electron chi connectivity index (χ2n) is 5.16. The first-order valence-corrected chi connectivity index (χ1v) is 7.79. The molecule has 100 valence electrons. The van der Waals surface area contributed by atoms with Crippen molar-refractivity contribution in [3.8, 4) is 0 Å². The number of halogens is 2. The first-order chi connectivity index (χ1) is 8.11. The van der Waals surface area contributed by atoms with Gasteiger partial charge < -0.3 is 0 Å². The molecule has 1 aliphatic rings. The summed E-state index contributed by atoms with van der Waals surface area (Å²) in [5, 5.41) is -0.166. The molecule has 0 bridgehead atoms. The number of unbranched alkanes of at least 4 members (excludes halogenated alkanes) is 4. The Bertz CT molecular complexity index is 242. The summed E-state index contributed by atoms with van der Waals surface area (Å²) < 4.78 is 0. The predicted octanol–water partition coefficient (Wildman–Crippen LogP) is 5.08. The molecule has 0 saturated heterocycles. The van der Waals surface area contributed by atoms with E-state index >= 15 is 0 Å². The normalized spacial score (nSPS) is 29.2. The van der Waals surface area contributed by atoms with Crippen LogP contribution in [0.2, 0.25) is 0 Å². The molecular formula is C14H24Cl2O. The van der Waals surface area contributed by atoms with Gasteiger partial charge in [-0.2, -0.15) is 0 Å². The number of carbonyl (C=O) groups is 1. The monoisotopic (exact) mass is 278 g/mol. The van der Waals surface area contributed by atoms with Crippen molar-refractivity contribution < 1.29 is 4.79 Å². The van der Waals surface area contributed by atoms with Crippen molar-refractivity contribution in [3.63, 3.8) is 0 Å². The van der Waals surface area contributed by atoms with E-state index in [2.05, 4.69) is 6.92 Å². The summed E-state index contributed by atoms with van der Waals surface area (Å²) in [6.07, 6.45) is 10.2. The number of ketones is 1. The van der Waals surface area contributed by atoms with E-state index in [0.717, 1.165) is 38.5 Å². The third-order valence-corrected chi connectivity index (χ3v) is 5.08. The minimum atomic E-state index is -0.759. The van der Waals surface area contributed by atoms with Gasteiger partial charge in [-0.15, -0.1) is 23.2 Å². The molecule has 2 atom stereocenters. The SMILES string of the molecule is CCCCCCCC(=O)C1(Cl)CCCCC1Cl. The van der Waals surface area contributed by atoms with E-state index in [9.17, 15) is 4.79 Å². The maximum Gasteiger partial charge on any atom is 0.155 e. The van der Waals surface area contributed by atoms with Crippen molar-refractivity contribution >= 4 is 29.0 Å². The quantitative estimate of drug-likeness (QED) is 0.469. The van der Waals surface area contributed by atoms with Crippen LogP contribution in [0.3, 0.4) is 0 Å². The number of Topliss-reactive ketones (excluding diaryl/α,β-unsaturated/α-hetero) is 1. The highest BCUT2D eigenvalue weighted by Gasteiger charge is 2.43. The smallest absolute Gasteiger partial charge is 0.155 e. The van der Waals surface area contributed by atoms with Gasteiger partial charge in [0.05, 0.1) is 5.38 Å². The molecule has 2 unspecified atom stereocenters. The zero-order chi connectivity index (χ0) is 12.7. The van der Waals surface area contributed by atoms with Crippen LogP contribution in [0.1, 0.15) is 71.1 Å². The van der Waals surface area contributed by atoms with Crippen LogP contribution < -0.4 is 0 Å². The third-order valence-electron chi connectivity index (χ3n) is 3.72. The number of rotatable bonds is 7. The van der Waals surface area contributed by atoms with Crippen LogP contribution in [0, 0.1) is 0 Å². The Hall–Kier alpha value is 0.250. The molecule has 0 amide bonds. The fourth-order valence-electron chi connectivity index (χ4n) is 2.50. The van der Waals surface area contributed by atoms with Gasteiger partial charge in [0, 0.05) is 6.42 Å². The highest BCUT2D eigenvalue weighted by molar-refractivity contribution is 6.41. The second kappa shape index (κ2) is 7.63. The lowest BCUT2D eigenvalue weighted by atomic mass is 9.83. The molecule has 0 heterocycles. The van der Waals surface area contributed by atoms with E-state index in [-0.39, 0.29) is 11.2 Å². The van der Waals surface area contributed by atoms with E-state index in [1.54, 1.807) is 0 Å². The van der Waals surface area contributed by atoms with E-state index in [4.69, 9.17) is 23.2 Å². The molecule has 0 aromatic rings. The zero-order valence-corrected chi connectivity index (χ0v) is 12.3. The van der Waals surface area contributed by atoms with Gasteiger partial charge in [-0.05, 0) is 19.3 Å². The van der Waals surface area contributed by atoms with E-state index in [1.165, 1.54) is 19.3 Å². The van der Waals surface area contributed by atoms with Gasteiger partial charge in [-0.3, -0.25) is 4.79 Å². The lowest BCUT2D eigenvalue weighted by Crippen LogP contribution is -2.43. The molecular weight excluding hydrogens is 255 g/mol. The molecule has 0 aliphatic heterocycles. The molecule has 0 radical (unpaired) electrons. The van der Waals surface area contributed by atoms with Crippen molar-refractivity contribution in [2.24, 2.45) is 0 Å². The third kappa shape index (κ3) is 4.44. The van der Waals surface area contributed by atoms with Crippen LogP contribution in [0.25, 0.3) is 0 Å². The number of carbonyl (C=O) groups excluding carboxylic acids is 1. The molecule has 1 nitrogen and oxygen atoms in total. The summed E-state index contributed by atoms with van der Waals surface area (Å²) in [6.45, 7) is 2.19. The molecule has 17 heavy (non-hydrogen) atoms. The van der Waals surface area contributed by atoms with Crippen molar-refractivity contribution in [3.05, 3.63) is 0 Å². The minimum absolute atomic E-state index is 0.166. The molecule has 0 N–H and O–H groups in total. The molecule has 0 spiro atoms. The van der Waals surface area contributed by atoms with E-state index < -0.39 is 4.87 Å². The topological polar surface area (TPSA) is 17.1 Å². The molecule has 1 saturated carbocycles. The van der Waals surface area contributed by atoms with Gasteiger partial charge in [0.15, 0.2) is 5.78 Å². The average molecular weight is 279 g/mol. The zero-order valence-electron chi connectivity index (χ0n) is 10.8. The van der Waals surface area contributed by atoms with Crippen LogP contribution in [0.4, 0.5) is 0 Å². The number of alkyl halides is 2. The predicted molar refractivity (Wildman–Crippen MR) is 75.1 cm³/mol. The van der Waals surface area contributed by atoms with Gasteiger partial charge in [-0.1, -0.05) is 45.4 Å². The van der Waals surface area contributed by atoms with Crippen LogP contribution in [0.15, 0.2) is 0 Å². The highest BCUT2D eigenvalue weighted by atomic mass is 35.5. The van der Waals surface area contributed by atoms with Crippen molar-refractivity contribution in [1.29, 1.82) is 0 Å². The summed E-state index contributed by atoms with van der Waals surface area (Å²) in [5.74, 6) is 0.176. The van der Waals surface area contributed by atoms with Gasteiger partial charge >= 0.3 is 0 Å². The number of hydrogen-bond donors (Lipinski definition) is 0. The number of hydrogen-bond acceptors (Lipinski definition) is 1. The summed E-state index contributed by atoms with van der Waals surface area (Å²) in [6, 6.07) is 0. The Morgan fingerprint density at radius 1 is 1.24 bits per heavy atom. The maximum absolute atomic E-state index is 12.1. The average Bonchev–Trinajstić information content (AvgIpc) is 2.32. The van der Waals surface area contributed by atoms with Gasteiger partial charge in [0.2, 0.25) is 0 Å². The highest BCUT2D eigenvalue weighted by Crippen LogP contribution is 2.39. The van der Waals surface area contributed by atoms with Gasteiger partial charge in [0.25, 0.3) is 0 Å². The fourth-order valence-corrected chi connectivity index (χ4v) is 3.22. The van der Waals surface area contributed by atoms with Gasteiger partial charge in [0.1, 0.15) is 4.87 Å².